The number of anilines is 1. The van der Waals surface area contributed by atoms with Gasteiger partial charge >= 0.3 is 12.0 Å². The first-order chi connectivity index (χ1) is 20.3. The van der Waals surface area contributed by atoms with E-state index in [0.29, 0.717) is 17.5 Å². The van der Waals surface area contributed by atoms with Gasteiger partial charge in [0, 0.05) is 24.3 Å². The third-order valence-electron chi connectivity index (χ3n) is 7.36. The Bertz CT molecular complexity index is 1500. The van der Waals surface area contributed by atoms with E-state index in [1.165, 1.54) is 28.0 Å². The Morgan fingerprint density at radius 1 is 0.953 bits per heavy atom. The Morgan fingerprint density at radius 2 is 1.63 bits per heavy atom. The van der Waals surface area contributed by atoms with Crippen molar-refractivity contribution in [3.8, 4) is 0 Å². The molecule has 0 saturated carbocycles. The molecule has 43 heavy (non-hydrogen) atoms. The number of halogens is 1. The third kappa shape index (κ3) is 7.77. The van der Waals surface area contributed by atoms with E-state index < -0.39 is 48.3 Å². The van der Waals surface area contributed by atoms with Crippen LogP contribution in [0.1, 0.15) is 66.7 Å². The van der Waals surface area contributed by atoms with Gasteiger partial charge in [-0.25, -0.2) is 9.18 Å². The molecule has 3 aromatic carbocycles. The summed E-state index contributed by atoms with van der Waals surface area (Å²) in [6.45, 7) is 8.37. The second-order valence-electron chi connectivity index (χ2n) is 11.8. The summed E-state index contributed by atoms with van der Waals surface area (Å²) in [7, 11) is 0. The molecule has 226 valence electrons. The van der Waals surface area contributed by atoms with Gasteiger partial charge in [-0.15, -0.1) is 0 Å². The molecule has 0 radical (unpaired) electrons. The number of nitrogens with zero attached hydrogens (tertiary/aromatic N) is 2. The van der Waals surface area contributed by atoms with Gasteiger partial charge in [0.2, 0.25) is 0 Å². The van der Waals surface area contributed by atoms with E-state index in [1.54, 1.807) is 30.3 Å². The zero-order valence-corrected chi connectivity index (χ0v) is 24.8. The number of carboxylic acids is 1. The Balaban J connectivity index is 1.69. The quantitative estimate of drug-likeness (QED) is 0.338. The molecule has 1 fully saturated rings. The van der Waals surface area contributed by atoms with E-state index in [1.807, 2.05) is 25.1 Å². The average Bonchev–Trinajstić information content (AvgIpc) is 2.95. The lowest BCUT2D eigenvalue weighted by Gasteiger charge is -2.43. The zero-order chi connectivity index (χ0) is 31.3. The van der Waals surface area contributed by atoms with Gasteiger partial charge in [-0.3, -0.25) is 19.3 Å². The first-order valence-corrected chi connectivity index (χ1v) is 14.2. The van der Waals surface area contributed by atoms with E-state index in [2.05, 4.69) is 31.4 Å². The van der Waals surface area contributed by atoms with E-state index in [9.17, 15) is 28.7 Å². The second-order valence-corrected chi connectivity index (χ2v) is 11.8. The number of hydrogen-bond donors (Lipinski definition) is 3. The number of rotatable bonds is 7. The highest BCUT2D eigenvalue weighted by Crippen LogP contribution is 2.26. The number of hydrogen-bond acceptors (Lipinski definition) is 4. The minimum Gasteiger partial charge on any atom is -0.481 e. The predicted octanol–water partition coefficient (Wildman–Crippen LogP) is 5.47. The van der Waals surface area contributed by atoms with Crippen LogP contribution in [0, 0.1) is 12.7 Å². The van der Waals surface area contributed by atoms with E-state index in [-0.39, 0.29) is 24.2 Å². The Kier molecular flexibility index (Phi) is 9.48. The standard InChI is InChI=1S/C33H37FN4O5/c1-21-8-5-9-23(18-21)27(20-28(39)40)36-29(41)30-37(31(42)22-12-14-24(15-13-22)33(2,3)4)16-7-17-38(30)32(43)35-26-11-6-10-25(34)19-26/h5-6,8-15,18-19,27,30H,7,16-17,20H2,1-4H3,(H,35,43)(H,36,41)(H,39,40). The summed E-state index contributed by atoms with van der Waals surface area (Å²) in [5.74, 6) is -2.82. The Labute approximate surface area is 250 Å². The monoisotopic (exact) mass is 588 g/mol. The van der Waals surface area contributed by atoms with Crippen LogP contribution in [0.5, 0.6) is 0 Å². The number of benzene rings is 3. The molecule has 3 N–H and O–H groups in total. The molecular formula is C33H37FN4O5. The fourth-order valence-corrected chi connectivity index (χ4v) is 5.13. The van der Waals surface area contributed by atoms with Crippen LogP contribution in [-0.4, -0.2) is 58.0 Å². The fraction of sp³-hybridized carbons (Fsp3) is 0.333. The van der Waals surface area contributed by atoms with E-state index >= 15 is 0 Å². The topological polar surface area (TPSA) is 119 Å². The van der Waals surface area contributed by atoms with Crippen molar-refractivity contribution in [3.63, 3.8) is 0 Å². The van der Waals surface area contributed by atoms with Gasteiger partial charge in [0.1, 0.15) is 5.82 Å². The minimum atomic E-state index is -1.39. The minimum absolute atomic E-state index is 0.129. The molecule has 2 atom stereocenters. The summed E-state index contributed by atoms with van der Waals surface area (Å²) in [6.07, 6.45) is -1.40. The van der Waals surface area contributed by atoms with Gasteiger partial charge in [0.25, 0.3) is 11.8 Å². The maximum atomic E-state index is 14.0. The Morgan fingerprint density at radius 3 is 2.26 bits per heavy atom. The van der Waals surface area contributed by atoms with Crippen LogP contribution >= 0.6 is 0 Å². The molecule has 10 heteroatoms. The number of urea groups is 1. The van der Waals surface area contributed by atoms with E-state index in [0.717, 1.165) is 17.2 Å². The largest absolute Gasteiger partial charge is 0.481 e. The number of carboxylic acid groups (broad SMARTS) is 1. The third-order valence-corrected chi connectivity index (χ3v) is 7.36. The van der Waals surface area contributed by atoms with Gasteiger partial charge < -0.3 is 20.6 Å². The number of aryl methyl sites for hydroxylation is 1. The molecule has 1 saturated heterocycles. The summed E-state index contributed by atoms with van der Waals surface area (Å²) in [4.78, 5) is 55.7. The lowest BCUT2D eigenvalue weighted by Crippen LogP contribution is -2.64. The molecule has 1 heterocycles. The van der Waals surface area contributed by atoms with Crippen molar-refractivity contribution in [1.82, 2.24) is 15.1 Å². The van der Waals surface area contributed by atoms with Gasteiger partial charge in [-0.05, 0) is 60.2 Å². The molecule has 0 spiro atoms. The molecule has 2 unspecified atom stereocenters. The van der Waals surface area contributed by atoms with Crippen molar-refractivity contribution in [2.75, 3.05) is 18.4 Å². The number of nitrogens with one attached hydrogen (secondary N) is 2. The van der Waals surface area contributed by atoms with Crippen LogP contribution < -0.4 is 10.6 Å². The molecule has 1 aliphatic rings. The molecule has 9 nitrogen and oxygen atoms in total. The summed E-state index contributed by atoms with van der Waals surface area (Å²) >= 11 is 0. The van der Waals surface area contributed by atoms with E-state index in [4.69, 9.17) is 0 Å². The van der Waals surface area contributed by atoms with Crippen LogP contribution in [0.2, 0.25) is 0 Å². The SMILES string of the molecule is Cc1cccc(C(CC(=O)O)NC(=O)C2N(C(=O)Nc3cccc(F)c3)CCCN2C(=O)c2ccc(C(C)(C)C)cc2)c1. The van der Waals surface area contributed by atoms with Crippen molar-refractivity contribution >= 4 is 29.5 Å². The van der Waals surface area contributed by atoms with Crippen molar-refractivity contribution in [1.29, 1.82) is 0 Å². The maximum Gasteiger partial charge on any atom is 0.323 e. The highest BCUT2D eigenvalue weighted by Gasteiger charge is 2.41. The molecule has 4 amide bonds. The summed E-state index contributed by atoms with van der Waals surface area (Å²) < 4.78 is 13.8. The van der Waals surface area contributed by atoms with Crippen LogP contribution in [-0.2, 0) is 15.0 Å². The maximum absolute atomic E-state index is 14.0. The lowest BCUT2D eigenvalue weighted by atomic mass is 9.86. The first kappa shape index (κ1) is 31.2. The van der Waals surface area contributed by atoms with Crippen molar-refractivity contribution in [2.45, 2.75) is 58.2 Å². The molecule has 3 aromatic rings. The molecular weight excluding hydrogens is 551 g/mol. The molecule has 4 rings (SSSR count). The number of amides is 4. The number of carbonyl (C=O) groups is 4. The van der Waals surface area contributed by atoms with Gasteiger partial charge in [-0.1, -0.05) is 68.8 Å². The van der Waals surface area contributed by atoms with Crippen molar-refractivity contribution in [2.24, 2.45) is 0 Å². The van der Waals surface area contributed by atoms with Crippen LogP contribution in [0.4, 0.5) is 14.9 Å². The summed E-state index contributed by atoms with van der Waals surface area (Å²) in [5.41, 5.74) is 2.90. The highest BCUT2D eigenvalue weighted by atomic mass is 19.1. The zero-order valence-electron chi connectivity index (χ0n) is 24.8. The average molecular weight is 589 g/mol. The van der Waals surface area contributed by atoms with Crippen molar-refractivity contribution in [3.05, 3.63) is 101 Å². The smallest absolute Gasteiger partial charge is 0.323 e. The molecule has 0 aromatic heterocycles. The highest BCUT2D eigenvalue weighted by molar-refractivity contribution is 6.00. The van der Waals surface area contributed by atoms with Crippen LogP contribution in [0.25, 0.3) is 0 Å². The normalized spacial score (nSPS) is 15.9. The van der Waals surface area contributed by atoms with Crippen LogP contribution in [0.3, 0.4) is 0 Å². The first-order valence-electron chi connectivity index (χ1n) is 14.2. The number of carbonyl (C=O) groups excluding carboxylic acids is 3. The number of aliphatic carboxylic acids is 1. The summed E-state index contributed by atoms with van der Waals surface area (Å²) in [5, 5.41) is 15.0. The fourth-order valence-electron chi connectivity index (χ4n) is 5.13. The molecule has 0 aliphatic carbocycles. The molecule has 1 aliphatic heterocycles. The van der Waals surface area contributed by atoms with Gasteiger partial charge in [0.05, 0.1) is 12.5 Å². The van der Waals surface area contributed by atoms with Gasteiger partial charge in [0.15, 0.2) is 6.17 Å². The molecule has 0 bridgehead atoms. The second kappa shape index (κ2) is 13.1. The Hall–Kier alpha value is -4.73. The van der Waals surface area contributed by atoms with Crippen molar-refractivity contribution < 1.29 is 28.7 Å². The summed E-state index contributed by atoms with van der Waals surface area (Å²) in [6, 6.07) is 18.0. The lowest BCUT2D eigenvalue weighted by molar-refractivity contribution is -0.138. The predicted molar refractivity (Wildman–Crippen MR) is 161 cm³/mol. The van der Waals surface area contributed by atoms with Gasteiger partial charge in [-0.2, -0.15) is 0 Å². The van der Waals surface area contributed by atoms with Crippen LogP contribution in [0.15, 0.2) is 72.8 Å².